The van der Waals surface area contributed by atoms with Gasteiger partial charge in [0.1, 0.15) is 0 Å². The number of fused-ring (bicyclic) bond motifs is 2. The molecule has 0 fully saturated rings. The number of benzene rings is 3. The van der Waals surface area contributed by atoms with E-state index in [4.69, 9.17) is 0 Å². The monoisotopic (exact) mass is 392 g/mol. The number of nitrogens with one attached hydrogen (secondary N) is 1. The van der Waals surface area contributed by atoms with Gasteiger partial charge in [-0.1, -0.05) is 36.4 Å². The van der Waals surface area contributed by atoms with Gasteiger partial charge in [0.25, 0.3) is 10.0 Å². The summed E-state index contributed by atoms with van der Waals surface area (Å²) in [5.41, 5.74) is 3.91. The first kappa shape index (κ1) is 18.3. The van der Waals surface area contributed by atoms with Gasteiger partial charge in [-0.05, 0) is 60.4 Å². The summed E-state index contributed by atoms with van der Waals surface area (Å²) in [6.07, 6.45) is 1.56. The van der Waals surface area contributed by atoms with Gasteiger partial charge < -0.3 is 5.32 Å². The van der Waals surface area contributed by atoms with Gasteiger partial charge in [0.2, 0.25) is 5.91 Å². The van der Waals surface area contributed by atoms with Crippen LogP contribution in [0.5, 0.6) is 0 Å². The number of nitrogens with zero attached hydrogens (tertiary/aromatic N) is 1. The molecule has 0 radical (unpaired) electrons. The Hall–Kier alpha value is -3.12. The third-order valence-electron chi connectivity index (χ3n) is 4.80. The lowest BCUT2D eigenvalue weighted by Crippen LogP contribution is -2.27. The van der Waals surface area contributed by atoms with Crippen LogP contribution in [0.15, 0.2) is 77.7 Å². The van der Waals surface area contributed by atoms with E-state index >= 15 is 0 Å². The van der Waals surface area contributed by atoms with E-state index in [-0.39, 0.29) is 10.8 Å². The Morgan fingerprint density at radius 3 is 1.82 bits per heavy atom. The van der Waals surface area contributed by atoms with Crippen molar-refractivity contribution in [3.05, 3.63) is 83.9 Å². The fraction of sp³-hybridized carbons (Fsp3) is 0.136. The summed E-state index contributed by atoms with van der Waals surface area (Å²) >= 11 is 0. The molecule has 1 aliphatic heterocycles. The van der Waals surface area contributed by atoms with Crippen molar-refractivity contribution in [3.8, 4) is 0 Å². The Bertz CT molecular complexity index is 1090. The topological polar surface area (TPSA) is 66.5 Å². The molecule has 3 aromatic rings. The second-order valence-corrected chi connectivity index (χ2v) is 8.52. The molecule has 4 rings (SSSR count). The lowest BCUT2D eigenvalue weighted by molar-refractivity contribution is -0.114. The lowest BCUT2D eigenvalue weighted by atomic mass is 10.0. The summed E-state index contributed by atoms with van der Waals surface area (Å²) in [5.74, 6) is -0.203. The van der Waals surface area contributed by atoms with Crippen LogP contribution in [-0.4, -0.2) is 14.3 Å². The van der Waals surface area contributed by atoms with E-state index in [0.717, 1.165) is 24.0 Å². The van der Waals surface area contributed by atoms with Gasteiger partial charge in [-0.2, -0.15) is 0 Å². The first-order valence-electron chi connectivity index (χ1n) is 9.05. The van der Waals surface area contributed by atoms with Crippen LogP contribution < -0.4 is 9.62 Å². The summed E-state index contributed by atoms with van der Waals surface area (Å²) < 4.78 is 28.7. The highest BCUT2D eigenvalue weighted by Crippen LogP contribution is 2.40. The van der Waals surface area contributed by atoms with Gasteiger partial charge >= 0.3 is 0 Å². The minimum Gasteiger partial charge on any atom is -0.326 e. The molecule has 3 aromatic carbocycles. The third-order valence-corrected chi connectivity index (χ3v) is 6.54. The van der Waals surface area contributed by atoms with E-state index in [1.54, 1.807) is 12.1 Å². The highest BCUT2D eigenvalue weighted by Gasteiger charge is 2.31. The third kappa shape index (κ3) is 3.27. The molecular formula is C22H20N2O3S. The zero-order chi connectivity index (χ0) is 19.7. The van der Waals surface area contributed by atoms with Gasteiger partial charge in [-0.3, -0.25) is 4.79 Å². The van der Waals surface area contributed by atoms with E-state index in [1.807, 2.05) is 48.5 Å². The highest BCUT2D eigenvalue weighted by molar-refractivity contribution is 7.93. The van der Waals surface area contributed by atoms with Crippen LogP contribution in [0.25, 0.3) is 0 Å². The van der Waals surface area contributed by atoms with Crippen molar-refractivity contribution in [1.82, 2.24) is 0 Å². The molecule has 1 heterocycles. The molecule has 0 aromatic heterocycles. The predicted octanol–water partition coefficient (Wildman–Crippen LogP) is 4.27. The van der Waals surface area contributed by atoms with E-state index < -0.39 is 10.0 Å². The molecular weight excluding hydrogens is 372 g/mol. The molecule has 1 N–H and O–H groups in total. The molecule has 142 valence electrons. The van der Waals surface area contributed by atoms with E-state index in [0.29, 0.717) is 17.1 Å². The van der Waals surface area contributed by atoms with Crippen molar-refractivity contribution in [2.75, 3.05) is 9.62 Å². The summed E-state index contributed by atoms with van der Waals surface area (Å²) in [6, 6.07) is 21.5. The number of amides is 1. The van der Waals surface area contributed by atoms with Gasteiger partial charge in [-0.25, -0.2) is 12.7 Å². The van der Waals surface area contributed by atoms with Crippen LogP contribution in [0.3, 0.4) is 0 Å². The second-order valence-electron chi connectivity index (χ2n) is 6.73. The normalized spacial score (nSPS) is 13.2. The van der Waals surface area contributed by atoms with Crippen molar-refractivity contribution in [1.29, 1.82) is 0 Å². The maximum atomic E-state index is 13.6. The van der Waals surface area contributed by atoms with Crippen LogP contribution in [0.2, 0.25) is 0 Å². The quantitative estimate of drug-likeness (QED) is 0.724. The first-order chi connectivity index (χ1) is 13.5. The molecule has 0 bridgehead atoms. The number of aryl methyl sites for hydroxylation is 2. The van der Waals surface area contributed by atoms with Crippen molar-refractivity contribution >= 4 is 33.0 Å². The SMILES string of the molecule is CC(=O)Nc1ccc(S(=O)(=O)N2c3ccccc3CCc3ccccc32)cc1. The highest BCUT2D eigenvalue weighted by atomic mass is 32.2. The summed E-state index contributed by atoms with van der Waals surface area (Å²) in [7, 11) is -3.84. The number of sulfonamides is 1. The van der Waals surface area contributed by atoms with Crippen molar-refractivity contribution < 1.29 is 13.2 Å². The van der Waals surface area contributed by atoms with Crippen molar-refractivity contribution in [3.63, 3.8) is 0 Å². The van der Waals surface area contributed by atoms with Crippen LogP contribution in [0.4, 0.5) is 17.1 Å². The molecule has 0 unspecified atom stereocenters. The summed E-state index contributed by atoms with van der Waals surface area (Å²) in [6.45, 7) is 1.41. The molecule has 0 aliphatic carbocycles. The number of anilines is 3. The van der Waals surface area contributed by atoms with Crippen molar-refractivity contribution in [2.24, 2.45) is 0 Å². The lowest BCUT2D eigenvalue weighted by Gasteiger charge is -2.26. The zero-order valence-electron chi connectivity index (χ0n) is 15.4. The largest absolute Gasteiger partial charge is 0.326 e. The smallest absolute Gasteiger partial charge is 0.268 e. The van der Waals surface area contributed by atoms with Gasteiger partial charge in [0.05, 0.1) is 16.3 Å². The fourth-order valence-electron chi connectivity index (χ4n) is 3.52. The number of hydrogen-bond donors (Lipinski definition) is 1. The number of hydrogen-bond acceptors (Lipinski definition) is 3. The summed E-state index contributed by atoms with van der Waals surface area (Å²) in [4.78, 5) is 11.4. The Morgan fingerprint density at radius 1 is 0.821 bits per heavy atom. The van der Waals surface area contributed by atoms with E-state index in [1.165, 1.54) is 23.4 Å². The van der Waals surface area contributed by atoms with Crippen LogP contribution >= 0.6 is 0 Å². The first-order valence-corrected chi connectivity index (χ1v) is 10.5. The molecule has 0 spiro atoms. The molecule has 6 heteroatoms. The van der Waals surface area contributed by atoms with Crippen molar-refractivity contribution in [2.45, 2.75) is 24.7 Å². The molecule has 0 saturated carbocycles. The maximum absolute atomic E-state index is 13.6. The Balaban J connectivity index is 1.86. The minimum absolute atomic E-state index is 0.174. The van der Waals surface area contributed by atoms with Crippen LogP contribution in [-0.2, 0) is 27.7 Å². The maximum Gasteiger partial charge on any atom is 0.268 e. The zero-order valence-corrected chi connectivity index (χ0v) is 16.2. The van der Waals surface area contributed by atoms with Crippen LogP contribution in [0.1, 0.15) is 18.1 Å². The number of para-hydroxylation sites is 2. The summed E-state index contributed by atoms with van der Waals surface area (Å²) in [5, 5.41) is 2.66. The average Bonchev–Trinajstić information content (AvgIpc) is 2.85. The van der Waals surface area contributed by atoms with E-state index in [9.17, 15) is 13.2 Å². The van der Waals surface area contributed by atoms with Gasteiger partial charge in [0.15, 0.2) is 0 Å². The van der Waals surface area contributed by atoms with Gasteiger partial charge in [0, 0.05) is 12.6 Å². The number of carbonyl (C=O) groups is 1. The van der Waals surface area contributed by atoms with Gasteiger partial charge in [-0.15, -0.1) is 0 Å². The minimum atomic E-state index is -3.84. The standard InChI is InChI=1S/C22H20N2O3S/c1-16(25)23-19-12-14-20(15-13-19)28(26,27)24-21-8-4-2-6-17(21)10-11-18-7-3-5-9-22(18)24/h2-9,12-15H,10-11H2,1H3,(H,23,25). The van der Waals surface area contributed by atoms with Crippen LogP contribution in [0, 0.1) is 0 Å². The molecule has 0 saturated heterocycles. The molecule has 28 heavy (non-hydrogen) atoms. The fourth-order valence-corrected chi connectivity index (χ4v) is 5.08. The van der Waals surface area contributed by atoms with E-state index in [2.05, 4.69) is 5.32 Å². The number of rotatable bonds is 3. The Kier molecular flexibility index (Phi) is 4.65. The average molecular weight is 392 g/mol. The predicted molar refractivity (Wildman–Crippen MR) is 110 cm³/mol. The molecule has 5 nitrogen and oxygen atoms in total. The Morgan fingerprint density at radius 2 is 1.32 bits per heavy atom. The second kappa shape index (κ2) is 7.13. The Labute approximate surface area is 164 Å². The molecule has 0 atom stereocenters. The molecule has 1 amide bonds. The number of carbonyl (C=O) groups excluding carboxylic acids is 1. The molecule has 1 aliphatic rings.